The molecule has 4 nitrogen and oxygen atoms in total. The SMILES string of the molecule is Cc1cccc(OCC(C)(C)[N+](=O)[O-])c1. The molecule has 0 aliphatic heterocycles. The standard InChI is InChI=1S/C11H15NO3/c1-9-5-4-6-10(7-9)15-8-11(2,3)12(13)14/h4-7H,8H2,1-3H3. The summed E-state index contributed by atoms with van der Waals surface area (Å²) in [7, 11) is 0. The van der Waals surface area contributed by atoms with Gasteiger partial charge in [-0.25, -0.2) is 0 Å². The fraction of sp³-hybridized carbons (Fsp3) is 0.455. The van der Waals surface area contributed by atoms with Crippen LogP contribution >= 0.6 is 0 Å². The van der Waals surface area contributed by atoms with E-state index >= 15 is 0 Å². The van der Waals surface area contributed by atoms with E-state index in [1.165, 1.54) is 0 Å². The molecular formula is C11H15NO3. The van der Waals surface area contributed by atoms with Crippen LogP contribution in [0.2, 0.25) is 0 Å². The number of aryl methyl sites for hydroxylation is 1. The van der Waals surface area contributed by atoms with E-state index in [4.69, 9.17) is 4.74 Å². The van der Waals surface area contributed by atoms with E-state index in [1.54, 1.807) is 19.9 Å². The van der Waals surface area contributed by atoms with Crippen LogP contribution in [0.3, 0.4) is 0 Å². The van der Waals surface area contributed by atoms with Crippen molar-refractivity contribution in [1.82, 2.24) is 0 Å². The van der Waals surface area contributed by atoms with Gasteiger partial charge in [-0.3, -0.25) is 10.1 Å². The van der Waals surface area contributed by atoms with E-state index < -0.39 is 5.54 Å². The lowest BCUT2D eigenvalue weighted by Gasteiger charge is -2.16. The fourth-order valence-corrected chi connectivity index (χ4v) is 1.02. The Balaban J connectivity index is 2.61. The van der Waals surface area contributed by atoms with Crippen molar-refractivity contribution < 1.29 is 9.66 Å². The summed E-state index contributed by atoms with van der Waals surface area (Å²) in [6.45, 7) is 5.11. The lowest BCUT2D eigenvalue weighted by Crippen LogP contribution is -2.37. The first kappa shape index (κ1) is 11.5. The molecule has 4 heteroatoms. The number of hydrogen-bond donors (Lipinski definition) is 0. The molecule has 0 saturated heterocycles. The first-order valence-electron chi connectivity index (χ1n) is 4.76. The molecule has 1 aromatic carbocycles. The lowest BCUT2D eigenvalue weighted by molar-refractivity contribution is -0.562. The van der Waals surface area contributed by atoms with E-state index in [9.17, 15) is 10.1 Å². The Hall–Kier alpha value is -1.58. The van der Waals surface area contributed by atoms with Crippen LogP contribution in [0.25, 0.3) is 0 Å². The molecule has 15 heavy (non-hydrogen) atoms. The Morgan fingerprint density at radius 3 is 2.67 bits per heavy atom. The second-order valence-corrected chi connectivity index (χ2v) is 4.17. The van der Waals surface area contributed by atoms with E-state index in [1.807, 2.05) is 25.1 Å². The summed E-state index contributed by atoms with van der Waals surface area (Å²) in [5.74, 6) is 0.671. The molecule has 0 saturated carbocycles. The van der Waals surface area contributed by atoms with Crippen LogP contribution in [0.4, 0.5) is 0 Å². The number of nitrogens with zero attached hydrogens (tertiary/aromatic N) is 1. The molecule has 0 aliphatic carbocycles. The fourth-order valence-electron chi connectivity index (χ4n) is 1.02. The van der Waals surface area contributed by atoms with Gasteiger partial charge in [-0.15, -0.1) is 0 Å². The number of ether oxygens (including phenoxy) is 1. The minimum atomic E-state index is -1.05. The molecule has 0 spiro atoms. The zero-order valence-electron chi connectivity index (χ0n) is 9.19. The Bertz CT molecular complexity index is 361. The quantitative estimate of drug-likeness (QED) is 0.565. The van der Waals surface area contributed by atoms with Crippen LogP contribution in [-0.2, 0) is 0 Å². The van der Waals surface area contributed by atoms with Gasteiger partial charge in [0.05, 0.1) is 0 Å². The highest BCUT2D eigenvalue weighted by molar-refractivity contribution is 5.27. The van der Waals surface area contributed by atoms with E-state index in [-0.39, 0.29) is 11.5 Å². The molecule has 1 rings (SSSR count). The van der Waals surface area contributed by atoms with E-state index in [0.29, 0.717) is 5.75 Å². The van der Waals surface area contributed by atoms with Gasteiger partial charge in [-0.2, -0.15) is 0 Å². The zero-order chi connectivity index (χ0) is 11.5. The van der Waals surface area contributed by atoms with Gasteiger partial charge in [-0.1, -0.05) is 12.1 Å². The third kappa shape index (κ3) is 3.23. The average Bonchev–Trinajstić information content (AvgIpc) is 2.15. The van der Waals surface area contributed by atoms with Crippen molar-refractivity contribution in [1.29, 1.82) is 0 Å². The molecular weight excluding hydrogens is 194 g/mol. The maximum atomic E-state index is 10.6. The molecule has 0 atom stereocenters. The summed E-state index contributed by atoms with van der Waals surface area (Å²) in [5.41, 5.74) is 0.0235. The molecule has 1 aromatic rings. The Morgan fingerprint density at radius 1 is 1.47 bits per heavy atom. The van der Waals surface area contributed by atoms with Gasteiger partial charge in [0.25, 0.3) is 0 Å². The minimum Gasteiger partial charge on any atom is -0.486 e. The smallest absolute Gasteiger partial charge is 0.250 e. The number of rotatable bonds is 4. The molecule has 0 radical (unpaired) electrons. The monoisotopic (exact) mass is 209 g/mol. The lowest BCUT2D eigenvalue weighted by atomic mass is 10.1. The Morgan fingerprint density at radius 2 is 2.13 bits per heavy atom. The van der Waals surface area contributed by atoms with Crippen molar-refractivity contribution in [3.8, 4) is 5.75 Å². The molecule has 0 N–H and O–H groups in total. The predicted molar refractivity (Wildman–Crippen MR) is 57.7 cm³/mol. The third-order valence-electron chi connectivity index (χ3n) is 2.08. The number of hydrogen-bond acceptors (Lipinski definition) is 3. The average molecular weight is 209 g/mol. The summed E-state index contributed by atoms with van der Waals surface area (Å²) in [6.07, 6.45) is 0. The normalized spacial score (nSPS) is 11.1. The number of nitro groups is 1. The molecule has 0 unspecified atom stereocenters. The summed E-state index contributed by atoms with van der Waals surface area (Å²) >= 11 is 0. The van der Waals surface area contributed by atoms with Crippen LogP contribution < -0.4 is 4.74 Å². The Labute approximate surface area is 89.0 Å². The van der Waals surface area contributed by atoms with Gasteiger partial charge >= 0.3 is 0 Å². The molecule has 0 bridgehead atoms. The first-order chi connectivity index (χ1) is 6.92. The van der Waals surface area contributed by atoms with Crippen LogP contribution in [-0.4, -0.2) is 17.1 Å². The summed E-state index contributed by atoms with van der Waals surface area (Å²) in [6, 6.07) is 7.47. The molecule has 0 fully saturated rings. The molecule has 0 amide bonds. The second-order valence-electron chi connectivity index (χ2n) is 4.17. The van der Waals surface area contributed by atoms with E-state index in [2.05, 4.69) is 0 Å². The van der Waals surface area contributed by atoms with Crippen molar-refractivity contribution in [2.45, 2.75) is 26.3 Å². The van der Waals surface area contributed by atoms with Crippen LogP contribution in [0.15, 0.2) is 24.3 Å². The van der Waals surface area contributed by atoms with Gasteiger partial charge in [0.2, 0.25) is 5.54 Å². The summed E-state index contributed by atoms with van der Waals surface area (Å²) in [5, 5.41) is 10.6. The highest BCUT2D eigenvalue weighted by atomic mass is 16.6. The topological polar surface area (TPSA) is 52.4 Å². The molecule has 0 aliphatic rings. The first-order valence-corrected chi connectivity index (χ1v) is 4.76. The summed E-state index contributed by atoms with van der Waals surface area (Å²) in [4.78, 5) is 10.3. The number of benzene rings is 1. The van der Waals surface area contributed by atoms with Gasteiger partial charge < -0.3 is 4.74 Å². The zero-order valence-corrected chi connectivity index (χ0v) is 9.19. The second kappa shape index (κ2) is 4.29. The van der Waals surface area contributed by atoms with Crippen molar-refractivity contribution in [3.63, 3.8) is 0 Å². The maximum absolute atomic E-state index is 10.6. The van der Waals surface area contributed by atoms with E-state index in [0.717, 1.165) is 5.56 Å². The Kier molecular flexibility index (Phi) is 3.29. The molecule has 82 valence electrons. The highest BCUT2D eigenvalue weighted by Gasteiger charge is 2.31. The van der Waals surface area contributed by atoms with Crippen LogP contribution in [0.1, 0.15) is 19.4 Å². The predicted octanol–water partition coefficient (Wildman–Crippen LogP) is 2.43. The van der Waals surface area contributed by atoms with Crippen molar-refractivity contribution in [2.24, 2.45) is 0 Å². The molecule has 0 aromatic heterocycles. The highest BCUT2D eigenvalue weighted by Crippen LogP contribution is 2.15. The molecule has 0 heterocycles. The van der Waals surface area contributed by atoms with Crippen LogP contribution in [0, 0.1) is 17.0 Å². The van der Waals surface area contributed by atoms with Crippen molar-refractivity contribution >= 4 is 0 Å². The summed E-state index contributed by atoms with van der Waals surface area (Å²) < 4.78 is 5.37. The largest absolute Gasteiger partial charge is 0.486 e. The third-order valence-corrected chi connectivity index (χ3v) is 2.08. The van der Waals surface area contributed by atoms with Gasteiger partial charge in [0, 0.05) is 18.8 Å². The van der Waals surface area contributed by atoms with Gasteiger partial charge in [0.15, 0.2) is 6.61 Å². The van der Waals surface area contributed by atoms with Gasteiger partial charge in [0.1, 0.15) is 5.75 Å². The minimum absolute atomic E-state index is 0.0729. The maximum Gasteiger partial charge on any atom is 0.250 e. The van der Waals surface area contributed by atoms with Crippen molar-refractivity contribution in [3.05, 3.63) is 39.9 Å². The van der Waals surface area contributed by atoms with Crippen molar-refractivity contribution in [2.75, 3.05) is 6.61 Å². The van der Waals surface area contributed by atoms with Crippen LogP contribution in [0.5, 0.6) is 5.75 Å². The van der Waals surface area contributed by atoms with Gasteiger partial charge in [-0.05, 0) is 24.6 Å².